The standard InChI is InChI=1S/C13H16O5/c1-3-18-13(16)10-4-6-11(17-2)9(8-10)5-7-12(14)15/h4,6,8H,3,5,7H2,1-2H3,(H,14,15). The SMILES string of the molecule is CCOC(=O)c1ccc(OC)c(CCC(=O)O)c1. The zero-order chi connectivity index (χ0) is 13.5. The van der Waals surface area contributed by atoms with E-state index in [2.05, 4.69) is 0 Å². The lowest BCUT2D eigenvalue weighted by molar-refractivity contribution is -0.136. The van der Waals surface area contributed by atoms with Crippen LogP contribution in [0.1, 0.15) is 29.3 Å². The lowest BCUT2D eigenvalue weighted by Crippen LogP contribution is -2.06. The number of carbonyl (C=O) groups excluding carboxylic acids is 1. The van der Waals surface area contributed by atoms with Crippen LogP contribution in [0.4, 0.5) is 0 Å². The molecule has 1 N–H and O–H groups in total. The number of esters is 1. The van der Waals surface area contributed by atoms with Gasteiger partial charge in [0.2, 0.25) is 0 Å². The van der Waals surface area contributed by atoms with Gasteiger partial charge >= 0.3 is 11.9 Å². The van der Waals surface area contributed by atoms with Crippen molar-refractivity contribution in [2.75, 3.05) is 13.7 Å². The van der Waals surface area contributed by atoms with E-state index in [9.17, 15) is 9.59 Å². The average molecular weight is 252 g/mol. The molecule has 5 nitrogen and oxygen atoms in total. The van der Waals surface area contributed by atoms with Crippen LogP contribution in [0.3, 0.4) is 0 Å². The number of benzene rings is 1. The number of aliphatic carboxylic acids is 1. The summed E-state index contributed by atoms with van der Waals surface area (Å²) < 4.78 is 10.0. The molecule has 0 unspecified atom stereocenters. The molecule has 0 saturated carbocycles. The first-order valence-electron chi connectivity index (χ1n) is 5.64. The van der Waals surface area contributed by atoms with Crippen LogP contribution in [0.15, 0.2) is 18.2 Å². The van der Waals surface area contributed by atoms with E-state index in [-0.39, 0.29) is 6.42 Å². The highest BCUT2D eigenvalue weighted by atomic mass is 16.5. The Bertz CT molecular complexity index is 439. The van der Waals surface area contributed by atoms with Gasteiger partial charge in [-0.3, -0.25) is 4.79 Å². The predicted molar refractivity (Wildman–Crippen MR) is 64.9 cm³/mol. The van der Waals surface area contributed by atoms with Crippen molar-refractivity contribution in [3.05, 3.63) is 29.3 Å². The molecule has 0 aliphatic rings. The van der Waals surface area contributed by atoms with Gasteiger partial charge in [0.25, 0.3) is 0 Å². The zero-order valence-electron chi connectivity index (χ0n) is 10.4. The fourth-order valence-electron chi connectivity index (χ4n) is 1.56. The predicted octanol–water partition coefficient (Wildman–Crippen LogP) is 1.89. The molecule has 0 heterocycles. The maximum atomic E-state index is 11.6. The van der Waals surface area contributed by atoms with Crippen molar-refractivity contribution in [2.45, 2.75) is 19.8 Å². The molecule has 98 valence electrons. The summed E-state index contributed by atoms with van der Waals surface area (Å²) >= 11 is 0. The molecule has 0 aliphatic carbocycles. The van der Waals surface area contributed by atoms with Gasteiger partial charge in [0.15, 0.2) is 0 Å². The van der Waals surface area contributed by atoms with Gasteiger partial charge in [0, 0.05) is 6.42 Å². The van der Waals surface area contributed by atoms with E-state index >= 15 is 0 Å². The molecule has 1 aromatic carbocycles. The van der Waals surface area contributed by atoms with E-state index in [0.29, 0.717) is 29.9 Å². The Labute approximate surface area is 105 Å². The van der Waals surface area contributed by atoms with Gasteiger partial charge in [-0.25, -0.2) is 4.79 Å². The van der Waals surface area contributed by atoms with Crippen molar-refractivity contribution >= 4 is 11.9 Å². The smallest absolute Gasteiger partial charge is 0.338 e. The summed E-state index contributed by atoms with van der Waals surface area (Å²) in [6.07, 6.45) is 0.300. The molecule has 18 heavy (non-hydrogen) atoms. The monoisotopic (exact) mass is 252 g/mol. The second kappa shape index (κ2) is 6.64. The number of carboxylic acids is 1. The number of hydrogen-bond donors (Lipinski definition) is 1. The van der Waals surface area contributed by atoms with Gasteiger partial charge in [-0.05, 0) is 37.1 Å². The van der Waals surface area contributed by atoms with Gasteiger partial charge < -0.3 is 14.6 Å². The molecule has 0 fully saturated rings. The van der Waals surface area contributed by atoms with Crippen LogP contribution in [0.2, 0.25) is 0 Å². The molecule has 0 spiro atoms. The maximum Gasteiger partial charge on any atom is 0.338 e. The third-order valence-electron chi connectivity index (χ3n) is 2.40. The third-order valence-corrected chi connectivity index (χ3v) is 2.40. The van der Waals surface area contributed by atoms with E-state index in [0.717, 1.165) is 0 Å². The minimum atomic E-state index is -0.890. The molecule has 0 radical (unpaired) electrons. The van der Waals surface area contributed by atoms with E-state index in [4.69, 9.17) is 14.6 Å². The fourth-order valence-corrected chi connectivity index (χ4v) is 1.56. The van der Waals surface area contributed by atoms with Crippen LogP contribution in [0, 0.1) is 0 Å². The number of rotatable bonds is 6. The number of carbonyl (C=O) groups is 2. The minimum absolute atomic E-state index is 0.0113. The van der Waals surface area contributed by atoms with Gasteiger partial charge in [-0.2, -0.15) is 0 Å². The first kappa shape index (κ1) is 14.0. The number of hydrogen-bond acceptors (Lipinski definition) is 4. The van der Waals surface area contributed by atoms with Gasteiger partial charge in [0.05, 0.1) is 19.3 Å². The lowest BCUT2D eigenvalue weighted by Gasteiger charge is -2.09. The number of methoxy groups -OCH3 is 1. The second-order valence-corrected chi connectivity index (χ2v) is 3.64. The molecular formula is C13H16O5. The summed E-state index contributed by atoms with van der Waals surface area (Å²) in [7, 11) is 1.50. The van der Waals surface area contributed by atoms with Crippen LogP contribution >= 0.6 is 0 Å². The quantitative estimate of drug-likeness (QED) is 0.783. The Morgan fingerprint density at radius 3 is 2.61 bits per heavy atom. The van der Waals surface area contributed by atoms with Crippen LogP contribution in [0.25, 0.3) is 0 Å². The molecule has 5 heteroatoms. The highest BCUT2D eigenvalue weighted by Gasteiger charge is 2.11. The van der Waals surface area contributed by atoms with Crippen molar-refractivity contribution in [2.24, 2.45) is 0 Å². The third kappa shape index (κ3) is 3.76. The van der Waals surface area contributed by atoms with E-state index in [1.54, 1.807) is 25.1 Å². The topological polar surface area (TPSA) is 72.8 Å². The Hall–Kier alpha value is -2.04. The summed E-state index contributed by atoms with van der Waals surface area (Å²) in [5.74, 6) is -0.736. The van der Waals surface area contributed by atoms with Gasteiger partial charge in [0.1, 0.15) is 5.75 Å². The molecule has 1 rings (SSSR count). The summed E-state index contributed by atoms with van der Waals surface area (Å²) in [5, 5.41) is 8.67. The number of ether oxygens (including phenoxy) is 2. The van der Waals surface area contributed by atoms with Crippen LogP contribution < -0.4 is 4.74 Å². The van der Waals surface area contributed by atoms with Crippen LogP contribution in [-0.2, 0) is 16.0 Å². The average Bonchev–Trinajstić information content (AvgIpc) is 2.36. The largest absolute Gasteiger partial charge is 0.496 e. The maximum absolute atomic E-state index is 11.6. The molecule has 1 aromatic rings. The zero-order valence-corrected chi connectivity index (χ0v) is 10.4. The van der Waals surface area contributed by atoms with Crippen molar-refractivity contribution in [3.63, 3.8) is 0 Å². The Kier molecular flexibility index (Phi) is 5.17. The number of carboxylic acid groups (broad SMARTS) is 1. The van der Waals surface area contributed by atoms with E-state index in [1.807, 2.05) is 0 Å². The Balaban J connectivity index is 2.93. The summed E-state index contributed by atoms with van der Waals surface area (Å²) in [4.78, 5) is 22.1. The fraction of sp³-hybridized carbons (Fsp3) is 0.385. The molecule has 0 aromatic heterocycles. The van der Waals surface area contributed by atoms with Crippen molar-refractivity contribution in [3.8, 4) is 5.75 Å². The van der Waals surface area contributed by atoms with Gasteiger partial charge in [-0.15, -0.1) is 0 Å². The number of aryl methyl sites for hydroxylation is 1. The minimum Gasteiger partial charge on any atom is -0.496 e. The highest BCUT2D eigenvalue weighted by Crippen LogP contribution is 2.22. The van der Waals surface area contributed by atoms with Crippen molar-refractivity contribution in [1.29, 1.82) is 0 Å². The molecular weight excluding hydrogens is 236 g/mol. The Morgan fingerprint density at radius 2 is 2.06 bits per heavy atom. The van der Waals surface area contributed by atoms with E-state index in [1.165, 1.54) is 7.11 Å². The lowest BCUT2D eigenvalue weighted by atomic mass is 10.0. The van der Waals surface area contributed by atoms with E-state index < -0.39 is 11.9 Å². The summed E-state index contributed by atoms with van der Waals surface area (Å²) in [5.41, 5.74) is 1.09. The first-order valence-corrected chi connectivity index (χ1v) is 5.64. The van der Waals surface area contributed by atoms with Gasteiger partial charge in [-0.1, -0.05) is 0 Å². The van der Waals surface area contributed by atoms with Crippen molar-refractivity contribution in [1.82, 2.24) is 0 Å². The van der Waals surface area contributed by atoms with Crippen LogP contribution in [0.5, 0.6) is 5.75 Å². The molecule has 0 atom stereocenters. The summed E-state index contributed by atoms with van der Waals surface area (Å²) in [6.45, 7) is 2.03. The summed E-state index contributed by atoms with van der Waals surface area (Å²) in [6, 6.07) is 4.85. The first-order chi connectivity index (χ1) is 8.58. The Morgan fingerprint density at radius 1 is 1.33 bits per heavy atom. The normalized spacial score (nSPS) is 9.89. The molecule has 0 aliphatic heterocycles. The molecule has 0 saturated heterocycles. The van der Waals surface area contributed by atoms with Crippen LogP contribution in [-0.4, -0.2) is 30.8 Å². The molecule has 0 amide bonds. The highest BCUT2D eigenvalue weighted by molar-refractivity contribution is 5.89. The molecule has 0 bridgehead atoms. The second-order valence-electron chi connectivity index (χ2n) is 3.64. The van der Waals surface area contributed by atoms with Crippen molar-refractivity contribution < 1.29 is 24.2 Å².